The second kappa shape index (κ2) is 4.48. The van der Waals surface area contributed by atoms with E-state index in [1.54, 1.807) is 6.07 Å². The third-order valence-electron chi connectivity index (χ3n) is 2.53. The molecule has 1 heterocycles. The van der Waals surface area contributed by atoms with E-state index in [0.717, 1.165) is 31.6 Å². The molecule has 1 aliphatic heterocycles. The topological polar surface area (TPSA) is 3.24 Å². The average Bonchev–Trinajstić information content (AvgIpc) is 2.73. The van der Waals surface area contributed by atoms with Gasteiger partial charge in [-0.1, -0.05) is 23.2 Å². The molecule has 1 aliphatic rings. The molecule has 15 heavy (non-hydrogen) atoms. The lowest BCUT2D eigenvalue weighted by Gasteiger charge is -2.20. The first-order valence-corrected chi connectivity index (χ1v) is 6.24. The Morgan fingerprint density at radius 1 is 1.27 bits per heavy atom. The number of nitrogens with zero attached hydrogens (tertiary/aromatic N) is 1. The van der Waals surface area contributed by atoms with E-state index in [9.17, 15) is 4.39 Å². The second-order valence-corrected chi connectivity index (χ2v) is 5.09. The highest BCUT2D eigenvalue weighted by molar-refractivity contribution is 9.10. The van der Waals surface area contributed by atoms with E-state index in [4.69, 9.17) is 23.2 Å². The van der Waals surface area contributed by atoms with Crippen molar-refractivity contribution in [3.63, 3.8) is 0 Å². The molecule has 0 amide bonds. The molecular weight excluding hydrogens is 304 g/mol. The highest BCUT2D eigenvalue weighted by Gasteiger charge is 2.20. The SMILES string of the molecule is Fc1c(Cl)cc(N2CCCC2)c(Br)c1Cl. The number of benzene rings is 1. The highest BCUT2D eigenvalue weighted by atomic mass is 79.9. The van der Waals surface area contributed by atoms with Crippen LogP contribution in [0.1, 0.15) is 12.8 Å². The number of rotatable bonds is 1. The van der Waals surface area contributed by atoms with Crippen LogP contribution in [0, 0.1) is 5.82 Å². The molecule has 0 spiro atoms. The van der Waals surface area contributed by atoms with Crippen molar-refractivity contribution in [2.24, 2.45) is 0 Å². The number of halogens is 4. The van der Waals surface area contributed by atoms with Gasteiger partial charge in [0.2, 0.25) is 0 Å². The Kier molecular flexibility index (Phi) is 3.43. The quantitative estimate of drug-likeness (QED) is 0.545. The Labute approximate surface area is 106 Å². The van der Waals surface area contributed by atoms with Gasteiger partial charge in [-0.25, -0.2) is 4.39 Å². The Morgan fingerprint density at radius 3 is 2.47 bits per heavy atom. The molecule has 0 atom stereocenters. The van der Waals surface area contributed by atoms with Gasteiger partial charge < -0.3 is 4.90 Å². The van der Waals surface area contributed by atoms with Crippen LogP contribution in [0.4, 0.5) is 10.1 Å². The van der Waals surface area contributed by atoms with Gasteiger partial charge in [0.25, 0.3) is 0 Å². The summed E-state index contributed by atoms with van der Waals surface area (Å²) in [5, 5.41) is 0.134. The van der Waals surface area contributed by atoms with Crippen LogP contribution in [-0.2, 0) is 0 Å². The van der Waals surface area contributed by atoms with Crippen molar-refractivity contribution in [3.8, 4) is 0 Å². The van der Waals surface area contributed by atoms with Crippen LogP contribution >= 0.6 is 39.1 Å². The lowest BCUT2D eigenvalue weighted by atomic mass is 10.3. The first-order valence-electron chi connectivity index (χ1n) is 4.69. The second-order valence-electron chi connectivity index (χ2n) is 3.51. The van der Waals surface area contributed by atoms with Crippen molar-refractivity contribution in [1.82, 2.24) is 0 Å². The summed E-state index contributed by atoms with van der Waals surface area (Å²) in [7, 11) is 0. The van der Waals surface area contributed by atoms with E-state index in [1.807, 2.05) is 0 Å². The number of hydrogen-bond acceptors (Lipinski definition) is 1. The third kappa shape index (κ3) is 2.10. The molecule has 1 nitrogen and oxygen atoms in total. The monoisotopic (exact) mass is 311 g/mol. The zero-order chi connectivity index (χ0) is 11.0. The van der Waals surface area contributed by atoms with Gasteiger partial charge in [0.1, 0.15) is 0 Å². The van der Waals surface area contributed by atoms with Crippen molar-refractivity contribution in [1.29, 1.82) is 0 Å². The minimum Gasteiger partial charge on any atom is -0.371 e. The van der Waals surface area contributed by atoms with E-state index in [1.165, 1.54) is 0 Å². The van der Waals surface area contributed by atoms with Crippen LogP contribution in [0.5, 0.6) is 0 Å². The fourth-order valence-electron chi connectivity index (χ4n) is 1.75. The van der Waals surface area contributed by atoms with Crippen molar-refractivity contribution in [2.75, 3.05) is 18.0 Å². The van der Waals surface area contributed by atoms with Gasteiger partial charge in [-0.2, -0.15) is 0 Å². The van der Waals surface area contributed by atoms with Gasteiger partial charge in [-0.05, 0) is 34.8 Å². The minimum atomic E-state index is -0.562. The molecule has 5 heteroatoms. The largest absolute Gasteiger partial charge is 0.371 e. The molecule has 0 aromatic heterocycles. The Morgan fingerprint density at radius 2 is 1.87 bits per heavy atom. The Hall–Kier alpha value is 0.01000. The lowest BCUT2D eigenvalue weighted by molar-refractivity contribution is 0.627. The summed E-state index contributed by atoms with van der Waals surface area (Å²) in [4.78, 5) is 2.15. The first kappa shape index (κ1) is 11.5. The van der Waals surface area contributed by atoms with E-state index in [2.05, 4.69) is 20.8 Å². The zero-order valence-electron chi connectivity index (χ0n) is 7.86. The summed E-state index contributed by atoms with van der Waals surface area (Å²) in [6, 6.07) is 1.62. The maximum atomic E-state index is 13.3. The maximum Gasteiger partial charge on any atom is 0.161 e. The molecule has 0 bridgehead atoms. The van der Waals surface area contributed by atoms with Crippen LogP contribution in [0.3, 0.4) is 0 Å². The van der Waals surface area contributed by atoms with Crippen molar-refractivity contribution in [3.05, 3.63) is 26.4 Å². The standard InChI is InChI=1S/C10H9BrCl2FN/c11-8-7(15-3-1-2-4-15)5-6(12)10(14)9(8)13/h5H,1-4H2. The molecule has 0 unspecified atom stereocenters. The van der Waals surface area contributed by atoms with Crippen LogP contribution in [0.2, 0.25) is 10.0 Å². The molecule has 0 N–H and O–H groups in total. The molecular formula is C10H9BrCl2FN. The van der Waals surface area contributed by atoms with Gasteiger partial charge in [-0.3, -0.25) is 0 Å². The molecule has 2 rings (SSSR count). The summed E-state index contributed by atoms with van der Waals surface area (Å²) in [6.07, 6.45) is 2.30. The molecule has 0 aliphatic carbocycles. The Balaban J connectivity index is 2.47. The number of hydrogen-bond donors (Lipinski definition) is 0. The Bertz CT molecular complexity index is 391. The van der Waals surface area contributed by atoms with Gasteiger partial charge >= 0.3 is 0 Å². The van der Waals surface area contributed by atoms with Gasteiger partial charge in [0.15, 0.2) is 5.82 Å². The van der Waals surface area contributed by atoms with Crippen molar-refractivity contribution < 1.29 is 4.39 Å². The molecule has 1 fully saturated rings. The van der Waals surface area contributed by atoms with Gasteiger partial charge in [0, 0.05) is 13.1 Å². The average molecular weight is 313 g/mol. The van der Waals surface area contributed by atoms with Crippen LogP contribution in [0.15, 0.2) is 10.5 Å². The van der Waals surface area contributed by atoms with Crippen molar-refractivity contribution >= 4 is 44.8 Å². The summed E-state index contributed by atoms with van der Waals surface area (Å²) in [6.45, 7) is 1.94. The van der Waals surface area contributed by atoms with Gasteiger partial charge in [-0.15, -0.1) is 0 Å². The van der Waals surface area contributed by atoms with E-state index in [-0.39, 0.29) is 10.0 Å². The maximum absolute atomic E-state index is 13.3. The minimum absolute atomic E-state index is 0.0596. The summed E-state index contributed by atoms with van der Waals surface area (Å²) in [5.74, 6) is -0.562. The van der Waals surface area contributed by atoms with E-state index in [0.29, 0.717) is 4.47 Å². The molecule has 1 aromatic carbocycles. The summed E-state index contributed by atoms with van der Waals surface area (Å²) < 4.78 is 13.9. The summed E-state index contributed by atoms with van der Waals surface area (Å²) in [5.41, 5.74) is 0.879. The lowest BCUT2D eigenvalue weighted by Crippen LogP contribution is -2.18. The molecule has 1 saturated heterocycles. The number of anilines is 1. The predicted octanol–water partition coefficient (Wildman–Crippen LogP) is 4.50. The summed E-state index contributed by atoms with van der Waals surface area (Å²) >= 11 is 14.9. The molecule has 1 aromatic rings. The normalized spacial score (nSPS) is 16.1. The fraction of sp³-hybridized carbons (Fsp3) is 0.400. The first-order chi connectivity index (χ1) is 7.11. The fourth-order valence-corrected chi connectivity index (χ4v) is 2.73. The van der Waals surface area contributed by atoms with Crippen LogP contribution in [0.25, 0.3) is 0 Å². The highest BCUT2D eigenvalue weighted by Crippen LogP contribution is 2.39. The van der Waals surface area contributed by atoms with Crippen LogP contribution in [-0.4, -0.2) is 13.1 Å². The smallest absolute Gasteiger partial charge is 0.161 e. The molecule has 0 saturated carbocycles. The van der Waals surface area contributed by atoms with E-state index >= 15 is 0 Å². The van der Waals surface area contributed by atoms with Crippen molar-refractivity contribution in [2.45, 2.75) is 12.8 Å². The van der Waals surface area contributed by atoms with E-state index < -0.39 is 5.82 Å². The van der Waals surface area contributed by atoms with Crippen LogP contribution < -0.4 is 4.90 Å². The third-order valence-corrected chi connectivity index (χ3v) is 4.19. The van der Waals surface area contributed by atoms with Gasteiger partial charge in [0.05, 0.1) is 20.2 Å². The zero-order valence-corrected chi connectivity index (χ0v) is 11.0. The predicted molar refractivity (Wildman–Crippen MR) is 65.6 cm³/mol. The molecule has 0 radical (unpaired) electrons. The molecule has 82 valence electrons.